The van der Waals surface area contributed by atoms with Crippen molar-refractivity contribution in [2.45, 2.75) is 125 Å². The maximum absolute atomic E-state index is 12.2. The van der Waals surface area contributed by atoms with Crippen LogP contribution in [0.25, 0.3) is 0 Å². The molecule has 0 bridgehead atoms. The molecule has 35 heavy (non-hydrogen) atoms. The molecule has 9 atom stereocenters. The number of carbonyl (C=O) groups excluding carboxylic acids is 2. The monoisotopic (exact) mass is 487 g/mol. The summed E-state index contributed by atoms with van der Waals surface area (Å²) in [5, 5.41) is 3.17. The normalized spacial score (nSPS) is 41.5. The van der Waals surface area contributed by atoms with Gasteiger partial charge in [0.05, 0.1) is 0 Å². The topological polar surface area (TPSA) is 55.4 Å². The van der Waals surface area contributed by atoms with Crippen molar-refractivity contribution < 1.29 is 14.3 Å². The molecule has 0 radical (unpaired) electrons. The second-order valence-corrected chi connectivity index (χ2v) is 14.0. The Morgan fingerprint density at radius 2 is 1.63 bits per heavy atom. The van der Waals surface area contributed by atoms with Crippen molar-refractivity contribution in [2.24, 2.45) is 52.3 Å². The summed E-state index contributed by atoms with van der Waals surface area (Å²) < 4.78 is 4.90. The fraction of sp³-hybridized carbons (Fsp3) is 0.935. The average molecular weight is 488 g/mol. The molecule has 0 aliphatic heterocycles. The number of nitrogens with one attached hydrogen (secondary N) is 1. The van der Waals surface area contributed by atoms with E-state index < -0.39 is 5.97 Å². The van der Waals surface area contributed by atoms with Crippen LogP contribution in [0, 0.1) is 52.3 Å². The number of amides is 1. The molecule has 4 saturated carbocycles. The molecule has 0 aromatic heterocycles. The zero-order valence-corrected chi connectivity index (χ0v) is 23.5. The lowest BCUT2D eigenvalue weighted by molar-refractivity contribution is -0.147. The summed E-state index contributed by atoms with van der Waals surface area (Å²) >= 11 is 0. The van der Waals surface area contributed by atoms with Gasteiger partial charge in [-0.3, -0.25) is 9.59 Å². The number of hydrogen-bond acceptors (Lipinski definition) is 3. The number of fused-ring (bicyclic) bond motifs is 5. The Kier molecular flexibility index (Phi) is 8.28. The molecule has 0 saturated heterocycles. The summed E-state index contributed by atoms with van der Waals surface area (Å²) in [6, 6.07) is 0.240. The molecule has 0 spiro atoms. The van der Waals surface area contributed by atoms with Crippen LogP contribution in [0.4, 0.5) is 0 Å². The third-order valence-corrected chi connectivity index (χ3v) is 11.6. The van der Waals surface area contributed by atoms with Gasteiger partial charge in [0.15, 0.2) is 6.61 Å². The van der Waals surface area contributed by atoms with E-state index in [2.05, 4.69) is 39.9 Å². The van der Waals surface area contributed by atoms with E-state index in [1.807, 2.05) is 0 Å². The predicted molar refractivity (Wildman–Crippen MR) is 142 cm³/mol. The summed E-state index contributed by atoms with van der Waals surface area (Å²) in [7, 11) is 0. The minimum atomic E-state index is -0.391. The Bertz CT molecular complexity index is 764. The molecule has 0 aromatic rings. The third kappa shape index (κ3) is 5.47. The fourth-order valence-electron chi connectivity index (χ4n) is 9.85. The van der Waals surface area contributed by atoms with E-state index in [1.165, 1.54) is 71.1 Å². The Balaban J connectivity index is 1.37. The Morgan fingerprint density at radius 1 is 0.914 bits per heavy atom. The van der Waals surface area contributed by atoms with Gasteiger partial charge in [0.1, 0.15) is 0 Å². The van der Waals surface area contributed by atoms with Crippen LogP contribution in [0.5, 0.6) is 0 Å². The quantitative estimate of drug-likeness (QED) is 0.370. The van der Waals surface area contributed by atoms with Gasteiger partial charge in [-0.2, -0.15) is 0 Å². The molecule has 4 rings (SSSR count). The zero-order valence-electron chi connectivity index (χ0n) is 23.5. The van der Waals surface area contributed by atoms with E-state index in [9.17, 15) is 9.59 Å². The lowest BCUT2D eigenvalue weighted by atomic mass is 9.44. The first-order chi connectivity index (χ1) is 16.5. The highest BCUT2D eigenvalue weighted by atomic mass is 16.5. The first-order valence-corrected chi connectivity index (χ1v) is 15.0. The van der Waals surface area contributed by atoms with Crippen molar-refractivity contribution in [3.05, 3.63) is 0 Å². The van der Waals surface area contributed by atoms with Gasteiger partial charge >= 0.3 is 5.97 Å². The van der Waals surface area contributed by atoms with Gasteiger partial charge in [-0.05, 0) is 110 Å². The summed E-state index contributed by atoms with van der Waals surface area (Å²) in [4.78, 5) is 23.3. The lowest BCUT2D eigenvalue weighted by Gasteiger charge is -2.61. The smallest absolute Gasteiger partial charge is 0.303 e. The van der Waals surface area contributed by atoms with E-state index in [1.54, 1.807) is 0 Å². The largest absolute Gasteiger partial charge is 0.456 e. The van der Waals surface area contributed by atoms with Crippen molar-refractivity contribution >= 4 is 11.9 Å². The number of esters is 1. The number of carbonyl (C=O) groups is 2. The van der Waals surface area contributed by atoms with Gasteiger partial charge < -0.3 is 10.1 Å². The molecular formula is C31H53NO3. The standard InChI is InChI=1S/C31H53NO3/c1-20(2)8-7-9-21(3)26-12-13-27-25-11-10-23-18-24(32-29(34)19-35-22(4)33)14-16-30(23,5)28(25)15-17-31(26,27)6/h20-21,23-28H,7-19H2,1-6H3,(H,32,34)/t21-,23+,24-,25?,26-,27?,28?,30+,31-/m1/s1. The zero-order chi connectivity index (χ0) is 25.4. The molecule has 4 aliphatic carbocycles. The SMILES string of the molecule is CC(=O)OCC(=O)N[C@@H]1CC[C@]2(C)C3CC[C@@]4(C)C(CC[C@@H]4[C@H](C)CCCC(C)C)C3CC[C@H]2C1. The van der Waals surface area contributed by atoms with Gasteiger partial charge in [0.2, 0.25) is 0 Å². The molecule has 1 amide bonds. The molecule has 4 fully saturated rings. The van der Waals surface area contributed by atoms with Crippen LogP contribution in [-0.2, 0) is 14.3 Å². The molecule has 4 heteroatoms. The third-order valence-electron chi connectivity index (χ3n) is 11.6. The molecular weight excluding hydrogens is 434 g/mol. The van der Waals surface area contributed by atoms with E-state index in [-0.39, 0.29) is 18.6 Å². The van der Waals surface area contributed by atoms with Crippen LogP contribution in [-0.4, -0.2) is 24.5 Å². The predicted octanol–water partition coefficient (Wildman–Crippen LogP) is 7.16. The average Bonchev–Trinajstić information content (AvgIpc) is 3.15. The molecule has 0 aromatic carbocycles. The Labute approximate surface area is 215 Å². The van der Waals surface area contributed by atoms with Crippen LogP contribution in [0.1, 0.15) is 119 Å². The van der Waals surface area contributed by atoms with Gasteiger partial charge in [-0.1, -0.05) is 53.9 Å². The number of rotatable bonds is 8. The number of hydrogen-bond donors (Lipinski definition) is 1. The van der Waals surface area contributed by atoms with E-state index >= 15 is 0 Å². The molecule has 3 unspecified atom stereocenters. The first-order valence-electron chi connectivity index (χ1n) is 15.0. The van der Waals surface area contributed by atoms with Crippen LogP contribution in [0.3, 0.4) is 0 Å². The van der Waals surface area contributed by atoms with Gasteiger partial charge in [-0.25, -0.2) is 0 Å². The first kappa shape index (κ1) is 27.0. The molecule has 1 N–H and O–H groups in total. The molecule has 200 valence electrons. The molecule has 4 aliphatic rings. The number of ether oxygens (including phenoxy) is 1. The summed E-state index contributed by atoms with van der Waals surface area (Å²) in [6.07, 6.45) is 16.1. The Hall–Kier alpha value is -1.06. The molecule has 0 heterocycles. The second-order valence-electron chi connectivity index (χ2n) is 14.0. The highest BCUT2D eigenvalue weighted by Crippen LogP contribution is 2.68. The fourth-order valence-corrected chi connectivity index (χ4v) is 9.85. The van der Waals surface area contributed by atoms with Gasteiger partial charge in [0, 0.05) is 13.0 Å². The highest BCUT2D eigenvalue weighted by Gasteiger charge is 2.60. The second kappa shape index (κ2) is 10.7. The molecule has 4 nitrogen and oxygen atoms in total. The van der Waals surface area contributed by atoms with E-state index in [0.29, 0.717) is 16.7 Å². The van der Waals surface area contributed by atoms with E-state index in [4.69, 9.17) is 4.74 Å². The summed E-state index contributed by atoms with van der Waals surface area (Å²) in [5.41, 5.74) is 0.992. The van der Waals surface area contributed by atoms with Crippen molar-refractivity contribution in [3.63, 3.8) is 0 Å². The Morgan fingerprint density at radius 3 is 2.34 bits per heavy atom. The van der Waals surface area contributed by atoms with Crippen molar-refractivity contribution in [2.75, 3.05) is 6.61 Å². The van der Waals surface area contributed by atoms with Gasteiger partial charge in [-0.15, -0.1) is 0 Å². The minimum Gasteiger partial charge on any atom is -0.456 e. The van der Waals surface area contributed by atoms with E-state index in [0.717, 1.165) is 48.3 Å². The maximum atomic E-state index is 12.2. The van der Waals surface area contributed by atoms with Crippen molar-refractivity contribution in [1.29, 1.82) is 0 Å². The van der Waals surface area contributed by atoms with Crippen LogP contribution in [0.15, 0.2) is 0 Å². The van der Waals surface area contributed by atoms with Crippen molar-refractivity contribution in [3.8, 4) is 0 Å². The summed E-state index contributed by atoms with van der Waals surface area (Å²) in [5.74, 6) is 5.52. The van der Waals surface area contributed by atoms with Crippen molar-refractivity contribution in [1.82, 2.24) is 5.32 Å². The summed E-state index contributed by atoms with van der Waals surface area (Å²) in [6.45, 7) is 13.8. The maximum Gasteiger partial charge on any atom is 0.303 e. The lowest BCUT2D eigenvalue weighted by Crippen LogP contribution is -2.55. The van der Waals surface area contributed by atoms with Crippen LogP contribution in [0.2, 0.25) is 0 Å². The highest BCUT2D eigenvalue weighted by molar-refractivity contribution is 5.80. The van der Waals surface area contributed by atoms with Crippen LogP contribution < -0.4 is 5.32 Å². The van der Waals surface area contributed by atoms with Crippen LogP contribution >= 0.6 is 0 Å². The van der Waals surface area contributed by atoms with Gasteiger partial charge in [0.25, 0.3) is 5.91 Å². The minimum absolute atomic E-state index is 0.143.